The highest BCUT2D eigenvalue weighted by molar-refractivity contribution is 9.09. The molecule has 1 N–H and O–H groups in total. The van der Waals surface area contributed by atoms with Crippen LogP contribution < -0.4 is 5.32 Å². The van der Waals surface area contributed by atoms with Crippen molar-refractivity contribution in [3.8, 4) is 0 Å². The summed E-state index contributed by atoms with van der Waals surface area (Å²) < 4.78 is 0. The molecule has 0 aromatic heterocycles. The van der Waals surface area contributed by atoms with Gasteiger partial charge in [0.2, 0.25) is 0 Å². The molecule has 2 unspecified atom stereocenters. The molecule has 1 aliphatic carbocycles. The van der Waals surface area contributed by atoms with Crippen molar-refractivity contribution in [1.82, 2.24) is 5.32 Å². The second-order valence-corrected chi connectivity index (χ2v) is 6.65. The minimum Gasteiger partial charge on any atom is -0.352 e. The average Bonchev–Trinajstić information content (AvgIpc) is 2.45. The number of hydrogen-bond donors (Lipinski definition) is 1. The van der Waals surface area contributed by atoms with E-state index in [0.29, 0.717) is 10.7 Å². The Balaban J connectivity index is 1.90. The molecule has 1 aromatic carbocycles. The number of carbonyl (C=O) groups is 1. The minimum absolute atomic E-state index is 0.0779. The second-order valence-electron chi connectivity index (χ2n) is 5.35. The first-order valence-electron chi connectivity index (χ1n) is 7.21. The molecule has 1 fully saturated rings. The molecule has 0 heterocycles. The van der Waals surface area contributed by atoms with E-state index in [1.165, 1.54) is 25.7 Å². The van der Waals surface area contributed by atoms with E-state index in [-0.39, 0.29) is 5.91 Å². The highest BCUT2D eigenvalue weighted by Gasteiger charge is 2.20. The fourth-order valence-electron chi connectivity index (χ4n) is 2.79. The quantitative estimate of drug-likeness (QED) is 0.835. The normalized spacial score (nSPS) is 23.1. The average molecular weight is 324 g/mol. The van der Waals surface area contributed by atoms with E-state index in [2.05, 4.69) is 28.2 Å². The van der Waals surface area contributed by atoms with Gasteiger partial charge in [0.25, 0.3) is 5.91 Å². The van der Waals surface area contributed by atoms with Gasteiger partial charge >= 0.3 is 0 Å². The largest absolute Gasteiger partial charge is 0.352 e. The Bertz CT molecular complexity index is 433. The van der Waals surface area contributed by atoms with Crippen molar-refractivity contribution >= 4 is 21.8 Å². The fraction of sp³-hybridized carbons (Fsp3) is 0.562. The predicted molar refractivity (Wildman–Crippen MR) is 82.8 cm³/mol. The number of alkyl halides is 1. The van der Waals surface area contributed by atoms with Crippen LogP contribution in [-0.2, 0) is 6.42 Å². The molecule has 2 rings (SSSR count). The monoisotopic (exact) mass is 323 g/mol. The smallest absolute Gasteiger partial charge is 0.251 e. The van der Waals surface area contributed by atoms with Crippen LogP contribution in [0.25, 0.3) is 0 Å². The van der Waals surface area contributed by atoms with Crippen LogP contribution >= 0.6 is 15.9 Å². The molecule has 19 heavy (non-hydrogen) atoms. The number of rotatable bonds is 4. The lowest BCUT2D eigenvalue weighted by Gasteiger charge is -2.25. The summed E-state index contributed by atoms with van der Waals surface area (Å²) in [6.45, 7) is 2.89. The van der Waals surface area contributed by atoms with Crippen molar-refractivity contribution in [3.05, 3.63) is 35.4 Å². The van der Waals surface area contributed by atoms with Gasteiger partial charge in [-0.2, -0.15) is 0 Å². The molecule has 0 radical (unpaired) electrons. The maximum Gasteiger partial charge on any atom is 0.251 e. The minimum atomic E-state index is 0.0779. The maximum absolute atomic E-state index is 12.2. The molecule has 3 heteroatoms. The van der Waals surface area contributed by atoms with Crippen LogP contribution in [0, 0.1) is 5.92 Å². The van der Waals surface area contributed by atoms with Gasteiger partial charge in [0.15, 0.2) is 0 Å². The highest BCUT2D eigenvalue weighted by Crippen LogP contribution is 2.28. The lowest BCUT2D eigenvalue weighted by Crippen LogP contribution is -2.32. The first kappa shape index (κ1) is 14.6. The number of amides is 1. The van der Waals surface area contributed by atoms with Gasteiger partial charge in [-0.3, -0.25) is 4.79 Å². The van der Waals surface area contributed by atoms with Crippen molar-refractivity contribution < 1.29 is 4.79 Å². The van der Waals surface area contributed by atoms with Crippen molar-refractivity contribution in [2.45, 2.75) is 43.9 Å². The molecule has 2 nitrogen and oxygen atoms in total. The van der Waals surface area contributed by atoms with Gasteiger partial charge in [-0.1, -0.05) is 47.5 Å². The van der Waals surface area contributed by atoms with Crippen molar-refractivity contribution in [1.29, 1.82) is 0 Å². The maximum atomic E-state index is 12.2. The Morgan fingerprint density at radius 1 is 1.37 bits per heavy atom. The van der Waals surface area contributed by atoms with Crippen LogP contribution in [0.15, 0.2) is 24.3 Å². The number of halogens is 1. The third-order valence-electron chi connectivity index (χ3n) is 3.91. The molecule has 1 aromatic rings. The van der Waals surface area contributed by atoms with Gasteiger partial charge in [-0.15, -0.1) is 0 Å². The van der Waals surface area contributed by atoms with Crippen LogP contribution in [0.2, 0.25) is 0 Å². The lowest BCUT2D eigenvalue weighted by atomic mass is 9.89. The molecule has 1 amide bonds. The molecular weight excluding hydrogens is 302 g/mol. The van der Waals surface area contributed by atoms with Gasteiger partial charge < -0.3 is 5.32 Å². The van der Waals surface area contributed by atoms with E-state index in [1.54, 1.807) is 0 Å². The Morgan fingerprint density at radius 3 is 2.89 bits per heavy atom. The first-order chi connectivity index (χ1) is 9.20. The van der Waals surface area contributed by atoms with E-state index in [1.807, 2.05) is 24.3 Å². The zero-order valence-corrected chi connectivity index (χ0v) is 13.1. The van der Waals surface area contributed by atoms with Gasteiger partial charge in [-0.05, 0) is 43.2 Å². The molecule has 2 atom stereocenters. The Morgan fingerprint density at radius 2 is 2.16 bits per heavy atom. The molecule has 0 saturated heterocycles. The summed E-state index contributed by atoms with van der Waals surface area (Å²) in [6.07, 6.45) is 5.84. The van der Waals surface area contributed by atoms with Crippen molar-refractivity contribution in [2.24, 2.45) is 5.92 Å². The molecule has 1 saturated carbocycles. The molecular formula is C16H22BrNO. The third-order valence-corrected chi connectivity index (χ3v) is 4.74. The highest BCUT2D eigenvalue weighted by atomic mass is 79.9. The molecule has 104 valence electrons. The zero-order valence-electron chi connectivity index (χ0n) is 11.5. The van der Waals surface area contributed by atoms with E-state index in [4.69, 9.17) is 0 Å². The summed E-state index contributed by atoms with van der Waals surface area (Å²) in [6, 6.07) is 7.88. The van der Waals surface area contributed by atoms with E-state index >= 15 is 0 Å². The van der Waals surface area contributed by atoms with Crippen LogP contribution in [0.5, 0.6) is 0 Å². The number of nitrogens with one attached hydrogen (secondary N) is 1. The Hall–Kier alpha value is -0.830. The predicted octanol–water partition coefficient (Wildman–Crippen LogP) is 3.93. The number of carbonyl (C=O) groups excluding carboxylic acids is 1. The van der Waals surface area contributed by atoms with Gasteiger partial charge in [0.05, 0.1) is 0 Å². The van der Waals surface area contributed by atoms with Crippen molar-refractivity contribution in [3.63, 3.8) is 0 Å². The number of benzene rings is 1. The van der Waals surface area contributed by atoms with Crippen LogP contribution in [0.4, 0.5) is 0 Å². The number of aryl methyl sites for hydroxylation is 1. The van der Waals surface area contributed by atoms with Crippen LogP contribution in [-0.4, -0.2) is 17.3 Å². The Kier molecular flexibility index (Phi) is 5.44. The van der Waals surface area contributed by atoms with Crippen molar-refractivity contribution in [2.75, 3.05) is 6.54 Å². The van der Waals surface area contributed by atoms with Gasteiger partial charge in [0, 0.05) is 16.9 Å². The lowest BCUT2D eigenvalue weighted by molar-refractivity contribution is 0.0943. The molecule has 1 aliphatic rings. The molecule has 0 spiro atoms. The van der Waals surface area contributed by atoms with Gasteiger partial charge in [0.1, 0.15) is 0 Å². The molecule has 0 bridgehead atoms. The summed E-state index contributed by atoms with van der Waals surface area (Å²) in [5.41, 5.74) is 1.96. The Labute approximate surface area is 124 Å². The summed E-state index contributed by atoms with van der Waals surface area (Å²) in [4.78, 5) is 12.9. The summed E-state index contributed by atoms with van der Waals surface area (Å²) in [5.74, 6) is 0.699. The first-order valence-corrected chi connectivity index (χ1v) is 8.12. The van der Waals surface area contributed by atoms with Crippen LogP contribution in [0.1, 0.15) is 48.5 Å². The summed E-state index contributed by atoms with van der Waals surface area (Å²) in [7, 11) is 0. The molecule has 0 aliphatic heterocycles. The summed E-state index contributed by atoms with van der Waals surface area (Å²) in [5, 5.41) is 3.10. The zero-order chi connectivity index (χ0) is 13.7. The van der Waals surface area contributed by atoms with Crippen LogP contribution in [0.3, 0.4) is 0 Å². The number of hydrogen-bond acceptors (Lipinski definition) is 1. The van der Waals surface area contributed by atoms with Gasteiger partial charge in [-0.25, -0.2) is 0 Å². The standard InChI is InChI=1S/C16H22BrNO/c1-2-13-7-3-4-9-15(13)16(19)18-11-12-6-5-8-14(17)10-12/h3-4,7,9,12,14H,2,5-6,8,10-11H2,1H3,(H,18,19). The second kappa shape index (κ2) is 7.09. The fourth-order valence-corrected chi connectivity index (χ4v) is 3.65. The van der Waals surface area contributed by atoms with E-state index in [9.17, 15) is 4.79 Å². The third kappa shape index (κ3) is 4.07. The van der Waals surface area contributed by atoms with E-state index in [0.717, 1.165) is 24.1 Å². The summed E-state index contributed by atoms with van der Waals surface area (Å²) >= 11 is 3.69. The van der Waals surface area contributed by atoms with E-state index < -0.39 is 0 Å². The SMILES string of the molecule is CCc1ccccc1C(=O)NCC1CCCC(Br)C1. The topological polar surface area (TPSA) is 29.1 Å².